The summed E-state index contributed by atoms with van der Waals surface area (Å²) < 4.78 is 0. The van der Waals surface area contributed by atoms with Gasteiger partial charge in [0.05, 0.1) is 11.3 Å². The van der Waals surface area contributed by atoms with Gasteiger partial charge in [0.15, 0.2) is 17.5 Å². The third-order valence-corrected chi connectivity index (χ3v) is 13.4. The van der Waals surface area contributed by atoms with Gasteiger partial charge in [0.2, 0.25) is 0 Å². The Balaban J connectivity index is 0.949. The van der Waals surface area contributed by atoms with Crippen LogP contribution in [-0.4, -0.2) is 20.2 Å². The van der Waals surface area contributed by atoms with Crippen LogP contribution >= 0.6 is 11.8 Å². The normalized spacial score (nSPS) is 20.0. The summed E-state index contributed by atoms with van der Waals surface area (Å²) in [4.78, 5) is 19.4. The number of anilines is 1. The zero-order valence-electron chi connectivity index (χ0n) is 30.3. The van der Waals surface area contributed by atoms with Crippen LogP contribution in [0.1, 0.15) is 40.1 Å². The first-order valence-electron chi connectivity index (χ1n) is 19.3. The molecule has 7 aromatic carbocycles. The van der Waals surface area contributed by atoms with Crippen molar-refractivity contribution in [2.75, 3.05) is 4.90 Å². The third kappa shape index (κ3) is 4.97. The highest BCUT2D eigenvalue weighted by Gasteiger charge is 2.46. The Bertz CT molecular complexity index is 2920. The van der Waals surface area contributed by atoms with Gasteiger partial charge in [0, 0.05) is 44.8 Å². The lowest BCUT2D eigenvalue weighted by atomic mass is 9.82. The maximum atomic E-state index is 5.18. The molecule has 0 saturated carbocycles. The standard InChI is InChI=1S/C51H34N4S/c1-3-13-34-28-36(22-20-31(34)10-1)49-52-50(37-23-21-32-11-2-4-14-35(32)29-37)54-51(53-49)38-25-26-41-43-17-9-19-45(48(43)56-46(41)30-38)55-44-18-8-7-16-40(44)42-27-24-33-12-5-6-15-39(33)47(42)55/h1-30,42-43,47-48H. The third-order valence-electron chi connectivity index (χ3n) is 12.0. The first-order valence-corrected chi connectivity index (χ1v) is 20.2. The number of hydrogen-bond acceptors (Lipinski definition) is 5. The molecule has 0 saturated heterocycles. The van der Waals surface area contributed by atoms with Gasteiger partial charge >= 0.3 is 0 Å². The number of aromatic nitrogens is 3. The Morgan fingerprint density at radius 2 is 1.07 bits per heavy atom. The lowest BCUT2D eigenvalue weighted by molar-refractivity contribution is 0.629. The average molecular weight is 735 g/mol. The van der Waals surface area contributed by atoms with Crippen molar-refractivity contribution in [3.8, 4) is 34.2 Å². The number of nitrogens with zero attached hydrogens (tertiary/aromatic N) is 4. The summed E-state index contributed by atoms with van der Waals surface area (Å²) in [5.41, 5.74) is 11.1. The van der Waals surface area contributed by atoms with Gasteiger partial charge in [-0.2, -0.15) is 0 Å². The number of para-hydroxylation sites is 1. The molecule has 0 bridgehead atoms. The van der Waals surface area contributed by atoms with Crippen molar-refractivity contribution in [3.05, 3.63) is 204 Å². The highest BCUT2D eigenvalue weighted by Crippen LogP contribution is 2.59. The summed E-state index contributed by atoms with van der Waals surface area (Å²) in [6, 6.07) is 54.7. The second kappa shape index (κ2) is 12.5. The molecule has 0 fully saturated rings. The maximum absolute atomic E-state index is 5.18. The van der Waals surface area contributed by atoms with E-state index in [4.69, 9.17) is 15.0 Å². The van der Waals surface area contributed by atoms with Crippen molar-refractivity contribution in [1.82, 2.24) is 15.0 Å². The van der Waals surface area contributed by atoms with Crippen molar-refractivity contribution in [1.29, 1.82) is 0 Å². The van der Waals surface area contributed by atoms with Crippen LogP contribution < -0.4 is 4.90 Å². The van der Waals surface area contributed by atoms with Gasteiger partial charge in [0.25, 0.3) is 0 Å². The summed E-state index contributed by atoms with van der Waals surface area (Å²) in [6.45, 7) is 0. The lowest BCUT2D eigenvalue weighted by Gasteiger charge is -2.38. The number of allylic oxidation sites excluding steroid dienone is 3. The molecule has 1 aromatic heterocycles. The van der Waals surface area contributed by atoms with E-state index in [2.05, 4.69) is 187 Å². The molecule has 264 valence electrons. The molecule has 5 heteroatoms. The van der Waals surface area contributed by atoms with Gasteiger partial charge < -0.3 is 4.90 Å². The summed E-state index contributed by atoms with van der Waals surface area (Å²) >= 11 is 1.97. The minimum atomic E-state index is 0.221. The molecule has 0 N–H and O–H groups in total. The number of thioether (sulfide) groups is 1. The van der Waals surface area contributed by atoms with E-state index < -0.39 is 0 Å². The number of rotatable bonds is 4. The number of hydrogen-bond donors (Lipinski definition) is 0. The molecule has 0 amide bonds. The van der Waals surface area contributed by atoms with Gasteiger partial charge in [-0.1, -0.05) is 152 Å². The number of fused-ring (bicyclic) bond motifs is 10. The Morgan fingerprint density at radius 3 is 1.79 bits per heavy atom. The van der Waals surface area contributed by atoms with E-state index in [9.17, 15) is 0 Å². The van der Waals surface area contributed by atoms with Crippen molar-refractivity contribution >= 4 is 45.1 Å². The summed E-state index contributed by atoms with van der Waals surface area (Å²) in [5, 5.41) is 4.95. The molecule has 4 unspecified atom stereocenters. The SMILES string of the molecule is C1=CC2c3ccc(-c4nc(-c5ccc6ccccc6c5)nc(-c5ccc6ccccc6c5)n4)cc3SC2C(N2c3ccccc3C3C=Cc4ccccc4C32)=C1. The van der Waals surface area contributed by atoms with E-state index in [1.54, 1.807) is 0 Å². The minimum Gasteiger partial charge on any atom is -0.335 e. The van der Waals surface area contributed by atoms with Gasteiger partial charge in [-0.15, -0.1) is 11.8 Å². The largest absolute Gasteiger partial charge is 0.335 e. The highest BCUT2D eigenvalue weighted by atomic mass is 32.2. The van der Waals surface area contributed by atoms with Crippen LogP contribution in [0.5, 0.6) is 0 Å². The first kappa shape index (κ1) is 31.8. The van der Waals surface area contributed by atoms with Crippen LogP contribution in [0.3, 0.4) is 0 Å². The molecule has 0 spiro atoms. The second-order valence-corrected chi connectivity index (χ2v) is 16.3. The van der Waals surface area contributed by atoms with Gasteiger partial charge in [-0.05, 0) is 74.1 Å². The Kier molecular flexibility index (Phi) is 7.08. The van der Waals surface area contributed by atoms with Gasteiger partial charge in [-0.3, -0.25) is 0 Å². The number of benzene rings is 7. The zero-order chi connectivity index (χ0) is 36.7. The molecule has 4 nitrogen and oxygen atoms in total. The smallest absolute Gasteiger partial charge is 0.164 e. The Hall–Kier alpha value is -6.56. The molecule has 2 aliphatic carbocycles. The zero-order valence-corrected chi connectivity index (χ0v) is 31.1. The Morgan fingerprint density at radius 1 is 0.482 bits per heavy atom. The monoisotopic (exact) mass is 734 g/mol. The van der Waals surface area contributed by atoms with Gasteiger partial charge in [-0.25, -0.2) is 15.0 Å². The molecule has 12 rings (SSSR count). The van der Waals surface area contributed by atoms with Crippen molar-refractivity contribution in [2.45, 2.75) is 28.0 Å². The van der Waals surface area contributed by atoms with Crippen molar-refractivity contribution in [2.24, 2.45) is 0 Å². The predicted octanol–water partition coefficient (Wildman–Crippen LogP) is 12.6. The summed E-state index contributed by atoms with van der Waals surface area (Å²) in [6.07, 6.45) is 11.8. The fraction of sp³-hybridized carbons (Fsp3) is 0.0784. The fourth-order valence-electron chi connectivity index (χ4n) is 9.33. The van der Waals surface area contributed by atoms with Crippen molar-refractivity contribution < 1.29 is 0 Å². The molecule has 4 aliphatic rings. The predicted molar refractivity (Wildman–Crippen MR) is 231 cm³/mol. The topological polar surface area (TPSA) is 41.9 Å². The van der Waals surface area contributed by atoms with Crippen LogP contribution in [0.4, 0.5) is 5.69 Å². The summed E-state index contributed by atoms with van der Waals surface area (Å²) in [5.74, 6) is 2.59. The molecule has 56 heavy (non-hydrogen) atoms. The van der Waals surface area contributed by atoms with E-state index in [1.165, 1.54) is 49.3 Å². The maximum Gasteiger partial charge on any atom is 0.164 e. The van der Waals surface area contributed by atoms with E-state index in [-0.39, 0.29) is 17.2 Å². The van der Waals surface area contributed by atoms with Crippen LogP contribution in [-0.2, 0) is 0 Å². The van der Waals surface area contributed by atoms with Crippen LogP contribution in [0, 0.1) is 0 Å². The van der Waals surface area contributed by atoms with E-state index in [0.717, 1.165) is 27.5 Å². The molecule has 0 radical (unpaired) electrons. The lowest BCUT2D eigenvalue weighted by Crippen LogP contribution is -2.33. The summed E-state index contributed by atoms with van der Waals surface area (Å²) in [7, 11) is 0. The van der Waals surface area contributed by atoms with Gasteiger partial charge in [0.1, 0.15) is 0 Å². The molecule has 3 heterocycles. The van der Waals surface area contributed by atoms with E-state index >= 15 is 0 Å². The molecule has 2 aliphatic heterocycles. The van der Waals surface area contributed by atoms with E-state index in [0.29, 0.717) is 23.4 Å². The highest BCUT2D eigenvalue weighted by molar-refractivity contribution is 8.00. The molecular formula is C51H34N4S. The quantitative estimate of drug-likeness (QED) is 0.180. The first-order chi connectivity index (χ1) is 27.7. The van der Waals surface area contributed by atoms with E-state index in [1.807, 2.05) is 11.8 Å². The molecule has 8 aromatic rings. The fourth-order valence-corrected chi connectivity index (χ4v) is 10.8. The van der Waals surface area contributed by atoms with Crippen LogP contribution in [0.2, 0.25) is 0 Å². The molecular weight excluding hydrogens is 701 g/mol. The second-order valence-electron chi connectivity index (χ2n) is 15.1. The van der Waals surface area contributed by atoms with Crippen LogP contribution in [0.25, 0.3) is 61.8 Å². The minimum absolute atomic E-state index is 0.221. The average Bonchev–Trinajstić information content (AvgIpc) is 3.82. The van der Waals surface area contributed by atoms with Crippen molar-refractivity contribution in [3.63, 3.8) is 0 Å². The molecule has 4 atom stereocenters. The Labute approximate surface area is 329 Å². The van der Waals surface area contributed by atoms with Crippen LogP contribution in [0.15, 0.2) is 187 Å².